The molecule has 0 saturated carbocycles. The minimum absolute atomic E-state index is 0.0586. The van der Waals surface area contributed by atoms with Crippen molar-refractivity contribution in [3.8, 4) is 0 Å². The van der Waals surface area contributed by atoms with E-state index in [4.69, 9.17) is 4.74 Å². The van der Waals surface area contributed by atoms with Gasteiger partial charge in [-0.05, 0) is 18.2 Å². The summed E-state index contributed by atoms with van der Waals surface area (Å²) >= 11 is 0. The molecule has 1 aliphatic heterocycles. The van der Waals surface area contributed by atoms with Gasteiger partial charge >= 0.3 is 5.97 Å². The molecule has 10 heteroatoms. The molecule has 0 saturated heterocycles. The Kier molecular flexibility index (Phi) is 4.67. The predicted octanol–water partition coefficient (Wildman–Crippen LogP) is 1.38. The fraction of sp³-hybridized carbons (Fsp3) is 0.125. The lowest BCUT2D eigenvalue weighted by Gasteiger charge is -2.04. The van der Waals surface area contributed by atoms with Crippen molar-refractivity contribution in [3.63, 3.8) is 0 Å². The summed E-state index contributed by atoms with van der Waals surface area (Å²) in [7, 11) is -3.68. The summed E-state index contributed by atoms with van der Waals surface area (Å²) in [6.07, 6.45) is 0. The van der Waals surface area contributed by atoms with Crippen LogP contribution in [0.5, 0.6) is 0 Å². The van der Waals surface area contributed by atoms with Crippen molar-refractivity contribution in [2.75, 3.05) is 6.54 Å². The first kappa shape index (κ1) is 17.5. The number of nitrogens with one attached hydrogen (secondary N) is 1. The lowest BCUT2D eigenvalue weighted by Crippen LogP contribution is -2.23. The van der Waals surface area contributed by atoms with Crippen molar-refractivity contribution in [2.24, 2.45) is 4.99 Å². The van der Waals surface area contributed by atoms with E-state index in [0.29, 0.717) is 5.56 Å². The van der Waals surface area contributed by atoms with Gasteiger partial charge in [-0.15, -0.1) is 0 Å². The number of para-hydroxylation sites is 1. The molecular formula is C16H13N3O6S. The summed E-state index contributed by atoms with van der Waals surface area (Å²) in [5, 5.41) is 10.9. The van der Waals surface area contributed by atoms with Crippen LogP contribution in [0.4, 0.5) is 5.69 Å². The standard InChI is InChI=1S/C16H13N3O6S/c20-15(25-10-11-5-1-3-7-13(11)19(21)22)9-17-16-12-6-2-4-8-14(12)26(23,24)18-16/h1-8H,9-10H2,(H,17,18). The first-order valence-electron chi connectivity index (χ1n) is 7.43. The van der Waals surface area contributed by atoms with Crippen LogP contribution in [0, 0.1) is 10.1 Å². The SMILES string of the molecule is O=C(CN=C1NS(=O)(=O)c2ccccc21)OCc1ccccc1[N+](=O)[O-]. The van der Waals surface area contributed by atoms with Gasteiger partial charge in [0.05, 0.1) is 15.4 Å². The maximum absolute atomic E-state index is 11.9. The molecule has 26 heavy (non-hydrogen) atoms. The summed E-state index contributed by atoms with van der Waals surface area (Å²) in [6, 6.07) is 12.2. The quantitative estimate of drug-likeness (QED) is 0.478. The average molecular weight is 375 g/mol. The van der Waals surface area contributed by atoms with Crippen molar-refractivity contribution >= 4 is 27.5 Å². The highest BCUT2D eigenvalue weighted by molar-refractivity contribution is 7.90. The Labute approximate surface area is 148 Å². The fourth-order valence-electron chi connectivity index (χ4n) is 2.41. The number of carbonyl (C=O) groups is 1. The van der Waals surface area contributed by atoms with Gasteiger partial charge in [-0.25, -0.2) is 8.42 Å². The summed E-state index contributed by atoms with van der Waals surface area (Å²) < 4.78 is 31.2. The third-order valence-electron chi connectivity index (χ3n) is 3.61. The minimum atomic E-state index is -3.68. The number of esters is 1. The normalized spacial score (nSPS) is 15.9. The highest BCUT2D eigenvalue weighted by atomic mass is 32.2. The van der Waals surface area contributed by atoms with Gasteiger partial charge in [-0.1, -0.05) is 24.3 Å². The van der Waals surface area contributed by atoms with Gasteiger partial charge in [0, 0.05) is 11.6 Å². The molecule has 1 heterocycles. The number of sulfonamides is 1. The van der Waals surface area contributed by atoms with Crippen LogP contribution in [-0.2, 0) is 26.2 Å². The van der Waals surface area contributed by atoms with E-state index < -0.39 is 27.5 Å². The maximum Gasteiger partial charge on any atom is 0.328 e. The second-order valence-electron chi connectivity index (χ2n) is 5.31. The van der Waals surface area contributed by atoms with E-state index in [2.05, 4.69) is 9.71 Å². The molecule has 0 unspecified atom stereocenters. The predicted molar refractivity (Wildman–Crippen MR) is 91.1 cm³/mol. The first-order valence-corrected chi connectivity index (χ1v) is 8.91. The second kappa shape index (κ2) is 6.92. The van der Waals surface area contributed by atoms with Crippen LogP contribution in [0.15, 0.2) is 58.4 Å². The third-order valence-corrected chi connectivity index (χ3v) is 5.00. The molecule has 0 aromatic heterocycles. The van der Waals surface area contributed by atoms with Gasteiger partial charge in [-0.2, -0.15) is 0 Å². The molecule has 0 amide bonds. The molecule has 2 aromatic carbocycles. The number of rotatable bonds is 5. The highest BCUT2D eigenvalue weighted by Crippen LogP contribution is 2.22. The summed E-state index contributed by atoms with van der Waals surface area (Å²) in [4.78, 5) is 26.2. The average Bonchev–Trinajstić information content (AvgIpc) is 2.89. The number of nitrogens with zero attached hydrogens (tertiary/aromatic N) is 2. The lowest BCUT2D eigenvalue weighted by atomic mass is 10.2. The Morgan fingerprint density at radius 2 is 1.85 bits per heavy atom. The van der Waals surface area contributed by atoms with Crippen LogP contribution >= 0.6 is 0 Å². The molecule has 3 rings (SSSR count). The number of ether oxygens (including phenoxy) is 1. The van der Waals surface area contributed by atoms with Crippen LogP contribution in [-0.4, -0.2) is 31.7 Å². The topological polar surface area (TPSA) is 128 Å². The first-order chi connectivity index (χ1) is 12.4. The van der Waals surface area contributed by atoms with Crippen molar-refractivity contribution in [2.45, 2.75) is 11.5 Å². The number of aliphatic imine (C=N–C) groups is 1. The van der Waals surface area contributed by atoms with E-state index in [-0.39, 0.29) is 28.6 Å². The largest absolute Gasteiger partial charge is 0.459 e. The molecule has 1 aliphatic rings. The molecule has 2 aromatic rings. The number of carbonyl (C=O) groups excluding carboxylic acids is 1. The molecule has 134 valence electrons. The molecule has 1 N–H and O–H groups in total. The Hall–Kier alpha value is -3.27. The van der Waals surface area contributed by atoms with Gasteiger partial charge < -0.3 is 4.74 Å². The monoisotopic (exact) mass is 375 g/mol. The van der Waals surface area contributed by atoms with Crippen LogP contribution in [0.2, 0.25) is 0 Å². The number of benzene rings is 2. The molecule has 0 bridgehead atoms. The van der Waals surface area contributed by atoms with E-state index in [1.165, 1.54) is 24.3 Å². The maximum atomic E-state index is 11.9. The molecule has 0 aliphatic carbocycles. The Bertz CT molecular complexity index is 1020. The summed E-state index contributed by atoms with van der Waals surface area (Å²) in [5.74, 6) is -0.678. The van der Waals surface area contributed by atoms with Crippen LogP contribution in [0.1, 0.15) is 11.1 Å². The fourth-order valence-corrected chi connectivity index (χ4v) is 3.66. The van der Waals surface area contributed by atoms with Crippen LogP contribution < -0.4 is 4.72 Å². The molecule has 0 fully saturated rings. The van der Waals surface area contributed by atoms with E-state index in [9.17, 15) is 23.3 Å². The van der Waals surface area contributed by atoms with Gasteiger partial charge in [0.2, 0.25) is 0 Å². The van der Waals surface area contributed by atoms with Gasteiger partial charge in [0.1, 0.15) is 19.0 Å². The third kappa shape index (κ3) is 3.54. The number of hydrogen-bond acceptors (Lipinski definition) is 7. The number of amidine groups is 1. The zero-order chi connectivity index (χ0) is 18.7. The van der Waals surface area contributed by atoms with Gasteiger partial charge in [0.25, 0.3) is 15.7 Å². The smallest absolute Gasteiger partial charge is 0.328 e. The Morgan fingerprint density at radius 3 is 2.62 bits per heavy atom. The zero-order valence-electron chi connectivity index (χ0n) is 13.3. The zero-order valence-corrected chi connectivity index (χ0v) is 14.1. The molecule has 0 atom stereocenters. The van der Waals surface area contributed by atoms with Crippen molar-refractivity contribution in [1.29, 1.82) is 0 Å². The van der Waals surface area contributed by atoms with E-state index in [0.717, 1.165) is 0 Å². The molecular weight excluding hydrogens is 362 g/mol. The number of hydrogen-bond donors (Lipinski definition) is 1. The van der Waals surface area contributed by atoms with E-state index in [1.807, 2.05) is 0 Å². The van der Waals surface area contributed by atoms with E-state index >= 15 is 0 Å². The molecule has 0 spiro atoms. The second-order valence-corrected chi connectivity index (χ2v) is 6.96. The summed E-state index contributed by atoms with van der Waals surface area (Å²) in [6.45, 7) is -0.698. The van der Waals surface area contributed by atoms with E-state index in [1.54, 1.807) is 24.3 Å². The Morgan fingerprint density at radius 1 is 1.15 bits per heavy atom. The van der Waals surface area contributed by atoms with Crippen molar-refractivity contribution in [1.82, 2.24) is 4.72 Å². The Balaban J connectivity index is 1.67. The van der Waals surface area contributed by atoms with Gasteiger partial charge in [0.15, 0.2) is 0 Å². The van der Waals surface area contributed by atoms with Gasteiger partial charge in [-0.3, -0.25) is 24.6 Å². The summed E-state index contributed by atoms with van der Waals surface area (Å²) in [5.41, 5.74) is 0.480. The lowest BCUT2D eigenvalue weighted by molar-refractivity contribution is -0.385. The molecule has 9 nitrogen and oxygen atoms in total. The van der Waals surface area contributed by atoms with Crippen molar-refractivity contribution in [3.05, 3.63) is 69.8 Å². The number of nitro groups is 1. The van der Waals surface area contributed by atoms with Crippen LogP contribution in [0.3, 0.4) is 0 Å². The highest BCUT2D eigenvalue weighted by Gasteiger charge is 2.30. The molecule has 0 radical (unpaired) electrons. The number of fused-ring (bicyclic) bond motifs is 1. The minimum Gasteiger partial charge on any atom is -0.459 e. The van der Waals surface area contributed by atoms with Crippen molar-refractivity contribution < 1.29 is 22.9 Å². The number of nitro benzene ring substituents is 1. The van der Waals surface area contributed by atoms with Crippen LogP contribution in [0.25, 0.3) is 0 Å².